The summed E-state index contributed by atoms with van der Waals surface area (Å²) in [4.78, 5) is 27.2. The lowest BCUT2D eigenvalue weighted by atomic mass is 9.68. The highest BCUT2D eigenvalue weighted by molar-refractivity contribution is 6.23. The zero-order chi connectivity index (χ0) is 19.2. The molecule has 0 aliphatic heterocycles. The monoisotopic (exact) mass is 352 g/mol. The first kappa shape index (κ1) is 20.1. The summed E-state index contributed by atoms with van der Waals surface area (Å²) in [6, 6.07) is 17.9. The number of hydrogen-bond acceptors (Lipinski definition) is 3. The van der Waals surface area contributed by atoms with E-state index in [1.807, 2.05) is 32.9 Å². The van der Waals surface area contributed by atoms with E-state index in [1.165, 1.54) is 0 Å². The molecule has 0 saturated heterocycles. The average molecular weight is 352 g/mol. The maximum Gasteiger partial charge on any atom is 0.203 e. The van der Waals surface area contributed by atoms with Crippen LogP contribution < -0.4 is 0 Å². The van der Waals surface area contributed by atoms with E-state index in [0.29, 0.717) is 17.7 Å². The Labute approximate surface area is 156 Å². The summed E-state index contributed by atoms with van der Waals surface area (Å²) in [5.41, 5.74) is -1.29. The molecule has 138 valence electrons. The molecular formula is C23H28O3. The Balaban J connectivity index is 2.61. The fraction of sp³-hybridized carbons (Fsp3) is 0.391. The molecule has 2 aromatic carbocycles. The van der Waals surface area contributed by atoms with Crippen LogP contribution in [-0.4, -0.2) is 23.8 Å². The summed E-state index contributed by atoms with van der Waals surface area (Å²) in [5.74, 6) is -0.564. The summed E-state index contributed by atoms with van der Waals surface area (Å²) < 4.78 is 6.17. The molecule has 0 spiro atoms. The first-order chi connectivity index (χ1) is 12.3. The van der Waals surface area contributed by atoms with E-state index in [4.69, 9.17) is 4.74 Å². The molecule has 0 saturated carbocycles. The van der Waals surface area contributed by atoms with Gasteiger partial charge in [0.2, 0.25) is 11.6 Å². The molecular weight excluding hydrogens is 324 g/mol. The van der Waals surface area contributed by atoms with Crippen molar-refractivity contribution in [2.24, 2.45) is 5.41 Å². The van der Waals surface area contributed by atoms with Crippen LogP contribution in [0.15, 0.2) is 60.7 Å². The quantitative estimate of drug-likeness (QED) is 0.365. The SMILES string of the molecule is CCCCOC(C(=O)c1ccccc1)(C(=O)c1ccccc1)C(C)(C)C. The average Bonchev–Trinajstić information content (AvgIpc) is 2.65. The highest BCUT2D eigenvalue weighted by atomic mass is 16.5. The van der Waals surface area contributed by atoms with Crippen molar-refractivity contribution in [2.45, 2.75) is 46.1 Å². The molecule has 0 radical (unpaired) electrons. The van der Waals surface area contributed by atoms with Gasteiger partial charge in [-0.2, -0.15) is 0 Å². The number of benzene rings is 2. The molecule has 2 aromatic rings. The lowest BCUT2D eigenvalue weighted by Crippen LogP contribution is -2.58. The minimum atomic E-state index is -1.56. The Bertz CT molecular complexity index is 676. The second-order valence-corrected chi connectivity index (χ2v) is 7.52. The molecule has 2 rings (SSSR count). The third-order valence-corrected chi connectivity index (χ3v) is 4.58. The van der Waals surface area contributed by atoms with E-state index in [0.717, 1.165) is 12.8 Å². The largest absolute Gasteiger partial charge is 0.358 e. The number of carbonyl (C=O) groups excluding carboxylic acids is 2. The summed E-state index contributed by atoms with van der Waals surface area (Å²) in [6.07, 6.45) is 1.72. The van der Waals surface area contributed by atoms with Crippen LogP contribution in [-0.2, 0) is 4.74 Å². The summed E-state index contributed by atoms with van der Waals surface area (Å²) >= 11 is 0. The first-order valence-electron chi connectivity index (χ1n) is 9.18. The van der Waals surface area contributed by atoms with Crippen LogP contribution >= 0.6 is 0 Å². The van der Waals surface area contributed by atoms with Crippen LogP contribution in [0.25, 0.3) is 0 Å². The van der Waals surface area contributed by atoms with Crippen LogP contribution in [0.4, 0.5) is 0 Å². The third kappa shape index (κ3) is 3.94. The fourth-order valence-corrected chi connectivity index (χ4v) is 3.09. The van der Waals surface area contributed by atoms with Gasteiger partial charge in [-0.25, -0.2) is 0 Å². The fourth-order valence-electron chi connectivity index (χ4n) is 3.09. The first-order valence-corrected chi connectivity index (χ1v) is 9.18. The number of ketones is 2. The second kappa shape index (κ2) is 8.41. The van der Waals surface area contributed by atoms with Gasteiger partial charge in [0.1, 0.15) is 0 Å². The number of hydrogen-bond donors (Lipinski definition) is 0. The summed E-state index contributed by atoms with van der Waals surface area (Å²) in [7, 11) is 0. The van der Waals surface area contributed by atoms with Crippen molar-refractivity contribution in [3.05, 3.63) is 71.8 Å². The molecule has 0 aliphatic carbocycles. The highest BCUT2D eigenvalue weighted by Crippen LogP contribution is 2.40. The molecule has 26 heavy (non-hydrogen) atoms. The number of Topliss-reactive ketones (excluding diaryl/α,β-unsaturated/α-hetero) is 2. The van der Waals surface area contributed by atoms with E-state index in [9.17, 15) is 9.59 Å². The lowest BCUT2D eigenvalue weighted by Gasteiger charge is -2.42. The van der Waals surface area contributed by atoms with Gasteiger partial charge in [-0.1, -0.05) is 94.8 Å². The minimum Gasteiger partial charge on any atom is -0.358 e. The van der Waals surface area contributed by atoms with Gasteiger partial charge in [0.25, 0.3) is 0 Å². The maximum atomic E-state index is 13.6. The van der Waals surface area contributed by atoms with Gasteiger partial charge in [-0.3, -0.25) is 9.59 Å². The van der Waals surface area contributed by atoms with Crippen LogP contribution in [0.1, 0.15) is 61.3 Å². The number of carbonyl (C=O) groups is 2. The minimum absolute atomic E-state index is 0.282. The Hall–Kier alpha value is -2.26. The van der Waals surface area contributed by atoms with Gasteiger partial charge < -0.3 is 4.74 Å². The molecule has 0 bridgehead atoms. The zero-order valence-electron chi connectivity index (χ0n) is 16.1. The number of unbranched alkanes of at least 4 members (excludes halogenated alkanes) is 1. The molecule has 0 fully saturated rings. The van der Waals surface area contributed by atoms with Crippen molar-refractivity contribution in [1.82, 2.24) is 0 Å². The van der Waals surface area contributed by atoms with Crippen molar-refractivity contribution in [1.29, 1.82) is 0 Å². The predicted octanol–water partition coefficient (Wildman–Crippen LogP) is 5.35. The normalized spacial score (nSPS) is 12.0. The van der Waals surface area contributed by atoms with Gasteiger partial charge in [0.05, 0.1) is 0 Å². The Kier molecular flexibility index (Phi) is 6.49. The van der Waals surface area contributed by atoms with Gasteiger partial charge >= 0.3 is 0 Å². The van der Waals surface area contributed by atoms with Crippen molar-refractivity contribution in [3.8, 4) is 0 Å². The molecule has 0 unspecified atom stereocenters. The van der Waals surface area contributed by atoms with Crippen LogP contribution in [0, 0.1) is 5.41 Å². The summed E-state index contributed by atoms with van der Waals surface area (Å²) in [6.45, 7) is 8.09. The van der Waals surface area contributed by atoms with E-state index in [-0.39, 0.29) is 11.6 Å². The van der Waals surface area contributed by atoms with E-state index >= 15 is 0 Å². The Morgan fingerprint density at radius 2 is 1.23 bits per heavy atom. The molecule has 0 aromatic heterocycles. The molecule has 0 atom stereocenters. The van der Waals surface area contributed by atoms with E-state index < -0.39 is 11.0 Å². The van der Waals surface area contributed by atoms with Crippen LogP contribution in [0.2, 0.25) is 0 Å². The topological polar surface area (TPSA) is 43.4 Å². The lowest BCUT2D eigenvalue weighted by molar-refractivity contribution is -0.0645. The van der Waals surface area contributed by atoms with Gasteiger partial charge in [-0.15, -0.1) is 0 Å². The van der Waals surface area contributed by atoms with Gasteiger partial charge in [0.15, 0.2) is 5.60 Å². The zero-order valence-corrected chi connectivity index (χ0v) is 16.1. The Morgan fingerprint density at radius 1 is 0.808 bits per heavy atom. The van der Waals surface area contributed by atoms with Crippen molar-refractivity contribution < 1.29 is 14.3 Å². The maximum absolute atomic E-state index is 13.6. The number of ether oxygens (including phenoxy) is 1. The molecule has 3 heteroatoms. The van der Waals surface area contributed by atoms with E-state index in [1.54, 1.807) is 48.5 Å². The van der Waals surface area contributed by atoms with Crippen LogP contribution in [0.5, 0.6) is 0 Å². The van der Waals surface area contributed by atoms with Gasteiger partial charge in [-0.05, 0) is 6.42 Å². The highest BCUT2D eigenvalue weighted by Gasteiger charge is 2.55. The van der Waals surface area contributed by atoms with Gasteiger partial charge in [0, 0.05) is 23.1 Å². The van der Waals surface area contributed by atoms with Crippen molar-refractivity contribution >= 4 is 11.6 Å². The molecule has 0 N–H and O–H groups in total. The molecule has 0 aliphatic rings. The van der Waals surface area contributed by atoms with Crippen molar-refractivity contribution in [3.63, 3.8) is 0 Å². The Morgan fingerprint density at radius 3 is 1.58 bits per heavy atom. The van der Waals surface area contributed by atoms with Crippen LogP contribution in [0.3, 0.4) is 0 Å². The number of rotatable bonds is 8. The molecule has 0 heterocycles. The third-order valence-electron chi connectivity index (χ3n) is 4.58. The van der Waals surface area contributed by atoms with E-state index in [2.05, 4.69) is 6.92 Å². The standard InChI is InChI=1S/C23H28O3/c1-5-6-17-26-23(22(2,3)4,20(24)18-13-9-7-10-14-18)21(25)19-15-11-8-12-16-19/h7-16H,5-6,17H2,1-4H3. The molecule has 0 amide bonds. The van der Waals surface area contributed by atoms with Crippen molar-refractivity contribution in [2.75, 3.05) is 6.61 Å². The second-order valence-electron chi connectivity index (χ2n) is 7.52. The summed E-state index contributed by atoms with van der Waals surface area (Å²) in [5, 5.41) is 0. The molecule has 3 nitrogen and oxygen atoms in total. The smallest absolute Gasteiger partial charge is 0.203 e. The predicted molar refractivity (Wildman–Crippen MR) is 105 cm³/mol.